The molecule has 0 fully saturated rings. The van der Waals surface area contributed by atoms with Crippen molar-refractivity contribution in [3.05, 3.63) is 41.0 Å². The van der Waals surface area contributed by atoms with Crippen molar-refractivity contribution < 1.29 is 9.53 Å². The Balaban J connectivity index is 1.92. The summed E-state index contributed by atoms with van der Waals surface area (Å²) in [5, 5.41) is 9.22. The minimum atomic E-state index is -0.250. The quantitative estimate of drug-likeness (QED) is 0.814. The lowest BCUT2D eigenvalue weighted by Crippen LogP contribution is -2.34. The number of nitrogens with zero attached hydrogens (tertiary/aromatic N) is 1. The van der Waals surface area contributed by atoms with Gasteiger partial charge in [0.05, 0.1) is 18.7 Å². The van der Waals surface area contributed by atoms with Gasteiger partial charge in [0.1, 0.15) is 11.6 Å². The van der Waals surface area contributed by atoms with Gasteiger partial charge >= 0.3 is 6.03 Å². The molecule has 0 aliphatic carbocycles. The number of fused-ring (bicyclic) bond motifs is 1. The van der Waals surface area contributed by atoms with Crippen LogP contribution in [0.15, 0.2) is 30.5 Å². The molecule has 0 saturated heterocycles. The maximum atomic E-state index is 11.3. The molecule has 6 nitrogen and oxygen atoms in total. The number of amides is 2. The topological polar surface area (TPSA) is 75.3 Å². The number of rotatable bonds is 3. The van der Waals surface area contributed by atoms with Gasteiger partial charge in [-0.05, 0) is 18.2 Å². The number of ether oxygens (including phenoxy) is 1. The largest absolute Gasteiger partial charge is 0.495 e. The van der Waals surface area contributed by atoms with Gasteiger partial charge < -0.3 is 15.4 Å². The van der Waals surface area contributed by atoms with E-state index >= 15 is 0 Å². The van der Waals surface area contributed by atoms with E-state index in [0.717, 1.165) is 16.9 Å². The molecule has 0 bridgehead atoms. The van der Waals surface area contributed by atoms with Gasteiger partial charge in [0, 0.05) is 29.2 Å². The van der Waals surface area contributed by atoms with Crippen LogP contribution in [0.3, 0.4) is 0 Å². The van der Waals surface area contributed by atoms with Crippen molar-refractivity contribution in [1.29, 1.82) is 0 Å². The summed E-state index contributed by atoms with van der Waals surface area (Å²) in [4.78, 5) is 15.5. The fourth-order valence-electron chi connectivity index (χ4n) is 2.11. The van der Waals surface area contributed by atoms with Crippen LogP contribution in [0, 0.1) is 0 Å². The van der Waals surface area contributed by atoms with Gasteiger partial charge in [-0.15, -0.1) is 0 Å². The number of aromatic nitrogens is 1. The van der Waals surface area contributed by atoms with Crippen molar-refractivity contribution in [2.24, 2.45) is 0 Å². The number of carbonyl (C=O) groups is 1. The van der Waals surface area contributed by atoms with Crippen molar-refractivity contribution in [2.45, 2.75) is 6.54 Å². The van der Waals surface area contributed by atoms with Crippen LogP contribution in [0.1, 0.15) is 5.56 Å². The van der Waals surface area contributed by atoms with E-state index in [4.69, 9.17) is 16.3 Å². The van der Waals surface area contributed by atoms with Crippen LogP contribution in [0.4, 0.5) is 22.0 Å². The zero-order valence-electron chi connectivity index (χ0n) is 11.2. The number of methoxy groups -OCH3 is 1. The number of nitrogens with one attached hydrogen (secondary N) is 3. The molecule has 108 valence electrons. The SMILES string of the molecule is COc1cc(Nc2ccnc3c2CNC(=O)N3)ccc1Cl. The highest BCUT2D eigenvalue weighted by Gasteiger charge is 2.18. The Morgan fingerprint density at radius 2 is 2.24 bits per heavy atom. The maximum Gasteiger partial charge on any atom is 0.320 e. The Bertz CT molecular complexity index is 705. The molecule has 0 saturated carbocycles. The maximum absolute atomic E-state index is 11.3. The van der Waals surface area contributed by atoms with E-state index in [2.05, 4.69) is 20.9 Å². The smallest absolute Gasteiger partial charge is 0.320 e. The number of benzene rings is 1. The van der Waals surface area contributed by atoms with Gasteiger partial charge in [-0.1, -0.05) is 11.6 Å². The normalized spacial score (nSPS) is 13.0. The van der Waals surface area contributed by atoms with Crippen molar-refractivity contribution in [1.82, 2.24) is 10.3 Å². The van der Waals surface area contributed by atoms with Crippen LogP contribution < -0.4 is 20.7 Å². The standard InChI is InChI=1S/C14H13ClN4O2/c1-21-12-6-8(2-3-10(12)15)18-11-4-5-16-13-9(11)7-17-14(20)19-13/h2-6H,7H2,1H3,(H3,16,17,18,19,20). The van der Waals surface area contributed by atoms with Crippen molar-refractivity contribution in [2.75, 3.05) is 17.7 Å². The predicted octanol–water partition coefficient (Wildman–Crippen LogP) is 3.12. The third kappa shape index (κ3) is 2.71. The summed E-state index contributed by atoms with van der Waals surface area (Å²) in [5.74, 6) is 1.15. The minimum Gasteiger partial charge on any atom is -0.495 e. The molecule has 0 radical (unpaired) electrons. The third-order valence-corrected chi connectivity index (χ3v) is 3.46. The summed E-state index contributed by atoms with van der Waals surface area (Å²) >= 11 is 6.01. The second-order valence-corrected chi connectivity index (χ2v) is 4.87. The van der Waals surface area contributed by atoms with Crippen LogP contribution in [-0.2, 0) is 6.54 Å². The molecule has 2 heterocycles. The second-order valence-electron chi connectivity index (χ2n) is 4.47. The van der Waals surface area contributed by atoms with Crippen LogP contribution in [-0.4, -0.2) is 18.1 Å². The fourth-order valence-corrected chi connectivity index (χ4v) is 2.30. The first-order valence-corrected chi connectivity index (χ1v) is 6.68. The lowest BCUT2D eigenvalue weighted by atomic mass is 10.1. The first kappa shape index (κ1) is 13.5. The monoisotopic (exact) mass is 304 g/mol. The fraction of sp³-hybridized carbons (Fsp3) is 0.143. The molecule has 2 aromatic rings. The number of pyridine rings is 1. The van der Waals surface area contributed by atoms with Crippen LogP contribution in [0.5, 0.6) is 5.75 Å². The van der Waals surface area contributed by atoms with Gasteiger partial charge in [-0.25, -0.2) is 9.78 Å². The van der Waals surface area contributed by atoms with E-state index in [1.807, 2.05) is 18.2 Å². The van der Waals surface area contributed by atoms with Gasteiger partial charge in [0.15, 0.2) is 0 Å². The Morgan fingerprint density at radius 3 is 3.05 bits per heavy atom. The van der Waals surface area contributed by atoms with Crippen LogP contribution in [0.25, 0.3) is 0 Å². The minimum absolute atomic E-state index is 0.250. The van der Waals surface area contributed by atoms with E-state index < -0.39 is 0 Å². The summed E-state index contributed by atoms with van der Waals surface area (Å²) in [6.07, 6.45) is 1.64. The lowest BCUT2D eigenvalue weighted by molar-refractivity contribution is 0.250. The summed E-state index contributed by atoms with van der Waals surface area (Å²) in [6, 6.07) is 7.02. The average Bonchev–Trinajstić information content (AvgIpc) is 2.49. The number of anilines is 3. The van der Waals surface area contributed by atoms with E-state index in [1.165, 1.54) is 0 Å². The molecule has 0 unspecified atom stereocenters. The third-order valence-electron chi connectivity index (χ3n) is 3.14. The molecule has 1 aliphatic heterocycles. The van der Waals surface area contributed by atoms with Crippen LogP contribution >= 0.6 is 11.6 Å². The van der Waals surface area contributed by atoms with Gasteiger partial charge in [0.2, 0.25) is 0 Å². The number of halogens is 1. The highest BCUT2D eigenvalue weighted by molar-refractivity contribution is 6.32. The molecule has 0 spiro atoms. The highest BCUT2D eigenvalue weighted by atomic mass is 35.5. The second kappa shape index (κ2) is 5.49. The van der Waals surface area contributed by atoms with E-state index in [-0.39, 0.29) is 6.03 Å². The molecule has 7 heteroatoms. The molecular weight excluding hydrogens is 292 g/mol. The van der Waals surface area contributed by atoms with Gasteiger partial charge in [-0.3, -0.25) is 5.32 Å². The van der Waals surface area contributed by atoms with Crippen molar-refractivity contribution in [3.63, 3.8) is 0 Å². The van der Waals surface area contributed by atoms with Crippen LogP contribution in [0.2, 0.25) is 5.02 Å². The van der Waals surface area contributed by atoms with Gasteiger partial charge in [-0.2, -0.15) is 0 Å². The molecular formula is C14H13ClN4O2. The molecule has 21 heavy (non-hydrogen) atoms. The Labute approximate surface area is 126 Å². The first-order valence-electron chi connectivity index (χ1n) is 6.30. The molecule has 1 aromatic carbocycles. The zero-order valence-corrected chi connectivity index (χ0v) is 12.0. The number of hydrogen-bond acceptors (Lipinski definition) is 4. The zero-order chi connectivity index (χ0) is 14.8. The number of hydrogen-bond donors (Lipinski definition) is 3. The molecule has 0 atom stereocenters. The van der Waals surface area contributed by atoms with E-state index in [0.29, 0.717) is 23.1 Å². The van der Waals surface area contributed by atoms with Gasteiger partial charge in [0.25, 0.3) is 0 Å². The van der Waals surface area contributed by atoms with Crippen molar-refractivity contribution in [3.8, 4) is 5.75 Å². The number of carbonyl (C=O) groups excluding carboxylic acids is 1. The molecule has 1 aliphatic rings. The average molecular weight is 305 g/mol. The van der Waals surface area contributed by atoms with E-state index in [1.54, 1.807) is 19.4 Å². The summed E-state index contributed by atoms with van der Waals surface area (Å²) in [6.45, 7) is 0.419. The Hall–Kier alpha value is -2.47. The van der Waals surface area contributed by atoms with Crippen molar-refractivity contribution >= 4 is 34.8 Å². The van der Waals surface area contributed by atoms with E-state index in [9.17, 15) is 4.79 Å². The molecule has 3 rings (SSSR count). The molecule has 1 aromatic heterocycles. The Kier molecular flexibility index (Phi) is 3.53. The summed E-state index contributed by atoms with van der Waals surface area (Å²) in [5.41, 5.74) is 2.59. The molecule has 3 N–H and O–H groups in total. The number of urea groups is 1. The first-order chi connectivity index (χ1) is 10.2. The lowest BCUT2D eigenvalue weighted by Gasteiger charge is -2.20. The predicted molar refractivity (Wildman–Crippen MR) is 81.4 cm³/mol. The summed E-state index contributed by atoms with van der Waals surface area (Å²) < 4.78 is 5.20. The molecule has 2 amide bonds. The highest BCUT2D eigenvalue weighted by Crippen LogP contribution is 2.31. The summed E-state index contributed by atoms with van der Waals surface area (Å²) in [7, 11) is 1.57. The Morgan fingerprint density at radius 1 is 1.38 bits per heavy atom.